The number of amides is 3. The fraction of sp³-hybridized carbons (Fsp3) is 0.444. The Balaban J connectivity index is 2.26. The van der Waals surface area contributed by atoms with Crippen LogP contribution in [0.4, 0.5) is 0 Å². The molecule has 3 N–H and O–H groups in total. The van der Waals surface area contributed by atoms with Crippen LogP contribution in [-0.2, 0) is 16.1 Å². The second kappa shape index (κ2) is 7.55. The number of hydrogen-bond acceptors (Lipinski definition) is 4. The Morgan fingerprint density at radius 1 is 1.27 bits per heavy atom. The third-order valence-electron chi connectivity index (χ3n) is 4.32. The van der Waals surface area contributed by atoms with Crippen molar-refractivity contribution in [3.05, 3.63) is 34.9 Å². The van der Waals surface area contributed by atoms with Crippen molar-refractivity contribution in [3.63, 3.8) is 0 Å². The van der Waals surface area contributed by atoms with E-state index in [0.29, 0.717) is 17.7 Å². The molecular weight excluding hydrogens is 338 g/mol. The monoisotopic (exact) mass is 361 g/mol. The molecule has 0 aliphatic carbocycles. The van der Waals surface area contributed by atoms with E-state index < -0.39 is 11.5 Å². The molecule has 0 unspecified atom stereocenters. The quantitative estimate of drug-likeness (QED) is 0.663. The van der Waals surface area contributed by atoms with Crippen molar-refractivity contribution in [3.8, 4) is 0 Å². The molecule has 8 nitrogen and oxygen atoms in total. The van der Waals surface area contributed by atoms with Crippen LogP contribution in [0.1, 0.15) is 53.5 Å². The molecular formula is C18H23N3O5. The summed E-state index contributed by atoms with van der Waals surface area (Å²) >= 11 is 0. The number of nitrogens with zero attached hydrogens (tertiary/aromatic N) is 1. The first kappa shape index (κ1) is 19.4. The van der Waals surface area contributed by atoms with Crippen LogP contribution in [0.15, 0.2) is 18.2 Å². The fourth-order valence-corrected chi connectivity index (χ4v) is 2.92. The Kier molecular flexibility index (Phi) is 5.64. The smallest absolute Gasteiger partial charge is 0.335 e. The van der Waals surface area contributed by atoms with Crippen LogP contribution in [0, 0.1) is 0 Å². The molecule has 1 heterocycles. The summed E-state index contributed by atoms with van der Waals surface area (Å²) in [6, 6.07) is 4.39. The average Bonchev–Trinajstić information content (AvgIpc) is 2.90. The van der Waals surface area contributed by atoms with Gasteiger partial charge in [0.1, 0.15) is 5.54 Å². The zero-order valence-corrected chi connectivity index (χ0v) is 15.1. The van der Waals surface area contributed by atoms with Gasteiger partial charge in [0.25, 0.3) is 5.91 Å². The minimum absolute atomic E-state index is 0.0134. The van der Waals surface area contributed by atoms with Crippen molar-refractivity contribution in [1.29, 1.82) is 0 Å². The first-order valence-electron chi connectivity index (χ1n) is 8.46. The van der Waals surface area contributed by atoms with Crippen LogP contribution in [0.2, 0.25) is 0 Å². The molecule has 1 aliphatic heterocycles. The first-order chi connectivity index (χ1) is 12.2. The highest BCUT2D eigenvalue weighted by atomic mass is 16.4. The molecule has 2 rings (SSSR count). The maximum atomic E-state index is 12.7. The van der Waals surface area contributed by atoms with Crippen molar-refractivity contribution in [2.45, 2.75) is 39.3 Å². The molecule has 0 fully saturated rings. The van der Waals surface area contributed by atoms with E-state index >= 15 is 0 Å². The van der Waals surface area contributed by atoms with Gasteiger partial charge < -0.3 is 20.6 Å². The van der Waals surface area contributed by atoms with E-state index in [1.54, 1.807) is 26.8 Å². The summed E-state index contributed by atoms with van der Waals surface area (Å²) in [7, 11) is 0. The van der Waals surface area contributed by atoms with Gasteiger partial charge in [-0.25, -0.2) is 4.79 Å². The molecule has 1 aliphatic rings. The predicted molar refractivity (Wildman–Crippen MR) is 93.7 cm³/mol. The van der Waals surface area contributed by atoms with Gasteiger partial charge in [-0.05, 0) is 31.5 Å². The molecule has 0 saturated carbocycles. The Bertz CT molecular complexity index is 761. The second-order valence-corrected chi connectivity index (χ2v) is 6.43. The number of carbonyl (C=O) groups excluding carboxylic acids is 3. The Morgan fingerprint density at radius 3 is 2.54 bits per heavy atom. The molecule has 1 aromatic rings. The summed E-state index contributed by atoms with van der Waals surface area (Å²) in [6.07, 6.45) is 0.213. The highest BCUT2D eigenvalue weighted by Crippen LogP contribution is 2.25. The molecule has 3 amide bonds. The molecule has 0 radical (unpaired) electrons. The Morgan fingerprint density at radius 2 is 1.96 bits per heavy atom. The van der Waals surface area contributed by atoms with Gasteiger partial charge in [-0.15, -0.1) is 0 Å². The van der Waals surface area contributed by atoms with Crippen LogP contribution in [0.5, 0.6) is 0 Å². The summed E-state index contributed by atoms with van der Waals surface area (Å²) in [5, 5.41) is 14.5. The van der Waals surface area contributed by atoms with E-state index in [2.05, 4.69) is 10.6 Å². The first-order valence-corrected chi connectivity index (χ1v) is 8.46. The molecule has 0 bridgehead atoms. The number of hydrogen-bond donors (Lipinski definition) is 3. The van der Waals surface area contributed by atoms with Gasteiger partial charge >= 0.3 is 5.97 Å². The minimum atomic E-state index is -1.28. The van der Waals surface area contributed by atoms with E-state index in [0.717, 1.165) is 0 Å². The van der Waals surface area contributed by atoms with Gasteiger partial charge in [-0.2, -0.15) is 0 Å². The normalized spacial score (nSPS) is 15.2. The lowest BCUT2D eigenvalue weighted by Gasteiger charge is -2.33. The summed E-state index contributed by atoms with van der Waals surface area (Å²) < 4.78 is 0. The highest BCUT2D eigenvalue weighted by molar-refractivity contribution is 6.01. The number of rotatable bonds is 7. The minimum Gasteiger partial charge on any atom is -0.478 e. The lowest BCUT2D eigenvalue weighted by atomic mass is 9.99. The summed E-state index contributed by atoms with van der Waals surface area (Å²) in [5.41, 5.74) is -0.245. The molecule has 140 valence electrons. The summed E-state index contributed by atoms with van der Waals surface area (Å²) in [4.78, 5) is 49.6. The van der Waals surface area contributed by atoms with E-state index in [4.69, 9.17) is 5.11 Å². The van der Waals surface area contributed by atoms with E-state index in [1.807, 2.05) is 0 Å². The number of aromatic carboxylic acids is 1. The molecule has 0 saturated heterocycles. The zero-order chi connectivity index (χ0) is 19.5. The van der Waals surface area contributed by atoms with Gasteiger partial charge in [-0.3, -0.25) is 14.4 Å². The van der Waals surface area contributed by atoms with Crippen LogP contribution in [0.25, 0.3) is 0 Å². The van der Waals surface area contributed by atoms with E-state index in [1.165, 1.54) is 17.0 Å². The van der Waals surface area contributed by atoms with Crippen molar-refractivity contribution in [1.82, 2.24) is 15.5 Å². The number of carbonyl (C=O) groups is 4. The number of benzene rings is 1. The van der Waals surface area contributed by atoms with Gasteiger partial charge in [0.05, 0.1) is 12.1 Å². The maximum absolute atomic E-state index is 12.7. The molecule has 8 heteroatoms. The molecule has 0 aromatic heterocycles. The molecule has 1 atom stereocenters. The second-order valence-electron chi connectivity index (χ2n) is 6.43. The number of carboxylic acid groups (broad SMARTS) is 1. The van der Waals surface area contributed by atoms with Crippen molar-refractivity contribution >= 4 is 23.7 Å². The summed E-state index contributed by atoms with van der Waals surface area (Å²) in [6.45, 7) is 5.66. The predicted octanol–water partition coefficient (Wildman–Crippen LogP) is 0.762. The number of carboxylic acids is 1. The van der Waals surface area contributed by atoms with E-state index in [9.17, 15) is 19.2 Å². The largest absolute Gasteiger partial charge is 0.478 e. The number of nitrogens with one attached hydrogen (secondary N) is 2. The van der Waals surface area contributed by atoms with Gasteiger partial charge in [0.2, 0.25) is 11.8 Å². The Labute approximate surface area is 151 Å². The molecule has 26 heavy (non-hydrogen) atoms. The van der Waals surface area contributed by atoms with Crippen LogP contribution in [0.3, 0.4) is 0 Å². The molecule has 1 aromatic carbocycles. The third kappa shape index (κ3) is 3.84. The van der Waals surface area contributed by atoms with Gasteiger partial charge in [0, 0.05) is 25.1 Å². The zero-order valence-electron chi connectivity index (χ0n) is 15.1. The lowest BCUT2D eigenvalue weighted by molar-refractivity contribution is -0.133. The standard InChI is InChI=1S/C18H23N3O5/c1-4-14(22)20-18(3,17(26)19-5-2)10-21-9-12-7-6-11(16(24)25)8-13(12)15(21)23/h6-8H,4-5,9-10H2,1-3H3,(H,19,26)(H,20,22)(H,24,25)/t18-/m1/s1. The number of likely N-dealkylation sites (N-methyl/N-ethyl adjacent to an activating group) is 1. The van der Waals surface area contributed by atoms with Crippen molar-refractivity contribution in [2.24, 2.45) is 0 Å². The lowest BCUT2D eigenvalue weighted by Crippen LogP contribution is -2.62. The third-order valence-corrected chi connectivity index (χ3v) is 4.32. The summed E-state index contributed by atoms with van der Waals surface area (Å²) in [5.74, 6) is -2.14. The van der Waals surface area contributed by atoms with Gasteiger partial charge in [0.15, 0.2) is 0 Å². The van der Waals surface area contributed by atoms with Crippen LogP contribution < -0.4 is 10.6 Å². The van der Waals surface area contributed by atoms with Crippen molar-refractivity contribution < 1.29 is 24.3 Å². The molecule has 0 spiro atoms. The number of fused-ring (bicyclic) bond motifs is 1. The fourth-order valence-electron chi connectivity index (χ4n) is 2.92. The van der Waals surface area contributed by atoms with Crippen molar-refractivity contribution in [2.75, 3.05) is 13.1 Å². The average molecular weight is 361 g/mol. The SMILES string of the molecule is CCNC(=O)[C@@](C)(CN1Cc2ccc(C(=O)O)cc2C1=O)NC(=O)CC. The highest BCUT2D eigenvalue weighted by Gasteiger charge is 2.40. The van der Waals surface area contributed by atoms with Gasteiger partial charge in [-0.1, -0.05) is 13.0 Å². The van der Waals surface area contributed by atoms with Crippen LogP contribution in [-0.4, -0.2) is 52.3 Å². The maximum Gasteiger partial charge on any atom is 0.335 e. The topological polar surface area (TPSA) is 116 Å². The Hall–Kier alpha value is -2.90. The van der Waals surface area contributed by atoms with E-state index in [-0.39, 0.29) is 42.8 Å². The van der Waals surface area contributed by atoms with Crippen LogP contribution >= 0.6 is 0 Å².